The Kier molecular flexibility index (Phi) is 5.34. The minimum atomic E-state index is -4.56. The van der Waals surface area contributed by atoms with Gasteiger partial charge in [0.2, 0.25) is 5.95 Å². The van der Waals surface area contributed by atoms with Crippen molar-refractivity contribution >= 4 is 11.5 Å². The molecule has 162 valence electrons. The molecule has 0 amide bonds. The van der Waals surface area contributed by atoms with Crippen LogP contribution in [0.25, 0.3) is 5.57 Å². The molecule has 0 atom stereocenters. The molecule has 0 unspecified atom stereocenters. The van der Waals surface area contributed by atoms with E-state index < -0.39 is 17.6 Å². The first-order chi connectivity index (χ1) is 14.7. The highest BCUT2D eigenvalue weighted by molar-refractivity contribution is 5.68. The lowest BCUT2D eigenvalue weighted by Crippen LogP contribution is -2.36. The summed E-state index contributed by atoms with van der Waals surface area (Å²) in [5, 5.41) is 3.45. The zero-order valence-electron chi connectivity index (χ0n) is 16.5. The Morgan fingerprint density at radius 1 is 1.10 bits per heavy atom. The zero-order chi connectivity index (χ0) is 22.2. The summed E-state index contributed by atoms with van der Waals surface area (Å²) in [6.07, 6.45) is -0.761. The van der Waals surface area contributed by atoms with Gasteiger partial charge in [0.25, 0.3) is 0 Å². The maximum Gasteiger partial charge on any atom is 0.435 e. The molecule has 0 N–H and O–H groups in total. The Balaban J connectivity index is 1.50. The molecule has 11 heteroatoms. The number of rotatable bonds is 4. The predicted octanol–water partition coefficient (Wildman–Crippen LogP) is 3.10. The highest BCUT2D eigenvalue weighted by Gasteiger charge is 2.33. The van der Waals surface area contributed by atoms with Crippen molar-refractivity contribution < 1.29 is 17.6 Å². The fourth-order valence-corrected chi connectivity index (χ4v) is 3.33. The molecule has 1 aliphatic rings. The largest absolute Gasteiger partial charge is 0.435 e. The van der Waals surface area contributed by atoms with E-state index in [1.165, 1.54) is 12.1 Å². The zero-order valence-corrected chi connectivity index (χ0v) is 16.5. The van der Waals surface area contributed by atoms with Crippen molar-refractivity contribution in [2.75, 3.05) is 18.0 Å². The van der Waals surface area contributed by atoms with E-state index in [0.29, 0.717) is 25.3 Å². The maximum absolute atomic E-state index is 13.1. The molecule has 0 saturated carbocycles. The van der Waals surface area contributed by atoms with E-state index >= 15 is 0 Å². The smallest absolute Gasteiger partial charge is 0.337 e. The number of benzene rings is 1. The average Bonchev–Trinajstić information content (AvgIpc) is 3.21. The van der Waals surface area contributed by atoms with Gasteiger partial charge in [-0.15, -0.1) is 0 Å². The molecule has 0 saturated heterocycles. The summed E-state index contributed by atoms with van der Waals surface area (Å²) < 4.78 is 53.4. The van der Waals surface area contributed by atoms with Crippen molar-refractivity contribution in [2.24, 2.45) is 0 Å². The average molecular weight is 434 g/mol. The van der Waals surface area contributed by atoms with Crippen LogP contribution in [0.5, 0.6) is 0 Å². The molecule has 0 spiro atoms. The lowest BCUT2D eigenvalue weighted by Gasteiger charge is -2.27. The number of hydrogen-bond donors (Lipinski definition) is 0. The lowest BCUT2D eigenvalue weighted by atomic mass is 10.00. The van der Waals surface area contributed by atoms with Gasteiger partial charge in [-0.25, -0.2) is 9.18 Å². The van der Waals surface area contributed by atoms with E-state index in [4.69, 9.17) is 0 Å². The van der Waals surface area contributed by atoms with E-state index in [2.05, 4.69) is 15.1 Å². The quantitative estimate of drug-likeness (QED) is 0.591. The Bertz CT molecular complexity index is 1180. The van der Waals surface area contributed by atoms with Gasteiger partial charge in [-0.3, -0.25) is 9.25 Å². The molecule has 3 heterocycles. The number of anilines is 1. The van der Waals surface area contributed by atoms with Gasteiger partial charge in [0.05, 0.1) is 0 Å². The van der Waals surface area contributed by atoms with E-state index in [1.807, 2.05) is 11.0 Å². The molecule has 31 heavy (non-hydrogen) atoms. The third-order valence-corrected chi connectivity index (χ3v) is 5.00. The minimum Gasteiger partial charge on any atom is -0.337 e. The van der Waals surface area contributed by atoms with Gasteiger partial charge < -0.3 is 4.90 Å². The molecule has 0 fully saturated rings. The summed E-state index contributed by atoms with van der Waals surface area (Å²) in [4.78, 5) is 22.7. The van der Waals surface area contributed by atoms with E-state index in [1.54, 1.807) is 19.1 Å². The molecule has 0 bridgehead atoms. The normalized spacial score (nSPS) is 14.6. The molecule has 2 aromatic heterocycles. The number of nitrogens with zero attached hydrogens (tertiary/aromatic N) is 6. The molecule has 7 nitrogen and oxygen atoms in total. The predicted molar refractivity (Wildman–Crippen MR) is 105 cm³/mol. The first-order valence-corrected chi connectivity index (χ1v) is 9.47. The monoisotopic (exact) mass is 434 g/mol. The molecule has 1 aliphatic heterocycles. The Hall–Kier alpha value is -3.50. The number of aryl methyl sites for hydroxylation is 1. The van der Waals surface area contributed by atoms with Crippen molar-refractivity contribution in [1.29, 1.82) is 0 Å². The summed E-state index contributed by atoms with van der Waals surface area (Å²) in [5.74, 6) is 0.271. The van der Waals surface area contributed by atoms with Gasteiger partial charge in [0, 0.05) is 19.3 Å². The highest BCUT2D eigenvalue weighted by Crippen LogP contribution is 2.27. The van der Waals surface area contributed by atoms with Crippen molar-refractivity contribution in [3.63, 3.8) is 0 Å². The third-order valence-electron chi connectivity index (χ3n) is 5.00. The molecular weight excluding hydrogens is 416 g/mol. The van der Waals surface area contributed by atoms with E-state index in [-0.39, 0.29) is 18.4 Å². The Morgan fingerprint density at radius 2 is 1.84 bits per heavy atom. The number of hydrogen-bond acceptors (Lipinski definition) is 5. The van der Waals surface area contributed by atoms with Crippen LogP contribution in [-0.2, 0) is 12.8 Å². The lowest BCUT2D eigenvalue weighted by molar-refractivity contribution is -0.141. The summed E-state index contributed by atoms with van der Waals surface area (Å²) in [6, 6.07) is 7.10. The summed E-state index contributed by atoms with van der Waals surface area (Å²) >= 11 is 0. The van der Waals surface area contributed by atoms with Gasteiger partial charge in [-0.1, -0.05) is 18.2 Å². The summed E-state index contributed by atoms with van der Waals surface area (Å²) in [5.41, 5.74) is 0.346. The second-order valence-electron chi connectivity index (χ2n) is 7.09. The van der Waals surface area contributed by atoms with Crippen molar-refractivity contribution in [3.05, 3.63) is 76.0 Å². The second-order valence-corrected chi connectivity index (χ2v) is 7.09. The first-order valence-electron chi connectivity index (χ1n) is 9.47. The van der Waals surface area contributed by atoms with Crippen LogP contribution in [0.1, 0.15) is 23.5 Å². The molecule has 1 aromatic carbocycles. The molecule has 3 aromatic rings. The van der Waals surface area contributed by atoms with Crippen LogP contribution in [0.2, 0.25) is 0 Å². The Morgan fingerprint density at radius 3 is 2.42 bits per heavy atom. The van der Waals surface area contributed by atoms with Crippen LogP contribution in [0.15, 0.2) is 47.4 Å². The van der Waals surface area contributed by atoms with Crippen LogP contribution in [0, 0.1) is 12.7 Å². The van der Waals surface area contributed by atoms with Gasteiger partial charge in [0.15, 0.2) is 5.69 Å². The summed E-state index contributed by atoms with van der Waals surface area (Å²) in [6.45, 7) is 2.41. The molecular formula is C20H18F4N6O. The third kappa shape index (κ3) is 4.49. The van der Waals surface area contributed by atoms with Gasteiger partial charge in [-0.2, -0.15) is 28.2 Å². The standard InChI is InChI=1S/C20H18F4N6O/c1-13-25-18(28-9-6-15(7-10-28)14-2-4-16(21)5-3-14)26-19(31)30(13)12-29-11-8-17(27-29)20(22,23)24/h2-6,8,11H,7,9-10,12H2,1H3. The number of aromatic nitrogens is 5. The molecule has 4 rings (SSSR count). The topological polar surface area (TPSA) is 68.8 Å². The van der Waals surface area contributed by atoms with E-state index in [0.717, 1.165) is 32.6 Å². The van der Waals surface area contributed by atoms with E-state index in [9.17, 15) is 22.4 Å². The van der Waals surface area contributed by atoms with Crippen LogP contribution < -0.4 is 10.6 Å². The molecule has 0 radical (unpaired) electrons. The van der Waals surface area contributed by atoms with Crippen molar-refractivity contribution in [2.45, 2.75) is 26.2 Å². The van der Waals surface area contributed by atoms with Crippen LogP contribution >= 0.6 is 0 Å². The second kappa shape index (κ2) is 7.97. The highest BCUT2D eigenvalue weighted by atomic mass is 19.4. The first kappa shape index (κ1) is 20.8. The SMILES string of the molecule is Cc1nc(N2CC=C(c3ccc(F)cc3)CC2)nc(=O)n1Cn1ccc(C(F)(F)F)n1. The van der Waals surface area contributed by atoms with Gasteiger partial charge in [0.1, 0.15) is 18.3 Å². The fourth-order valence-electron chi connectivity index (χ4n) is 3.33. The van der Waals surface area contributed by atoms with Gasteiger partial charge in [-0.05, 0) is 42.7 Å². The van der Waals surface area contributed by atoms with Crippen LogP contribution in [0.4, 0.5) is 23.5 Å². The van der Waals surface area contributed by atoms with Gasteiger partial charge >= 0.3 is 11.9 Å². The number of alkyl halides is 3. The van der Waals surface area contributed by atoms with Crippen molar-refractivity contribution in [3.8, 4) is 0 Å². The fraction of sp³-hybridized carbons (Fsp3) is 0.300. The molecule has 0 aliphatic carbocycles. The van der Waals surface area contributed by atoms with Crippen molar-refractivity contribution in [1.82, 2.24) is 24.3 Å². The van der Waals surface area contributed by atoms with Crippen LogP contribution in [-0.4, -0.2) is 37.4 Å². The number of halogens is 4. The maximum atomic E-state index is 13.1. The minimum absolute atomic E-state index is 0.227. The van der Waals surface area contributed by atoms with Crippen LogP contribution in [0.3, 0.4) is 0 Å². The summed E-state index contributed by atoms with van der Waals surface area (Å²) in [7, 11) is 0. The Labute approximate surface area is 174 Å².